The van der Waals surface area contributed by atoms with E-state index in [0.29, 0.717) is 5.89 Å². The van der Waals surface area contributed by atoms with Crippen molar-refractivity contribution in [2.45, 2.75) is 20.3 Å². The fraction of sp³-hybridized carbons (Fsp3) is 0.429. The smallest absolute Gasteiger partial charge is 0.334 e. The normalized spacial score (nSPS) is 11.4. The highest BCUT2D eigenvalue weighted by Crippen LogP contribution is 1.95. The summed E-state index contributed by atoms with van der Waals surface area (Å²) in [6.45, 7) is 3.26. The summed E-state index contributed by atoms with van der Waals surface area (Å²) < 4.78 is 4.66. The van der Waals surface area contributed by atoms with E-state index in [1.807, 2.05) is 0 Å². The second kappa shape index (κ2) is 4.35. The number of hydrogen-bond donors (Lipinski definition) is 1. The molecule has 1 rings (SSSR count). The van der Waals surface area contributed by atoms with Crippen molar-refractivity contribution in [3.05, 3.63) is 11.7 Å². The van der Waals surface area contributed by atoms with Gasteiger partial charge in [-0.1, -0.05) is 17.2 Å². The molecule has 0 unspecified atom stereocenters. The van der Waals surface area contributed by atoms with E-state index in [0.717, 1.165) is 0 Å². The first-order valence-electron chi connectivity index (χ1n) is 3.97. The van der Waals surface area contributed by atoms with Crippen molar-refractivity contribution in [1.29, 1.82) is 0 Å². The van der Waals surface area contributed by atoms with Crippen LogP contribution in [0.4, 0.5) is 0 Å². The van der Waals surface area contributed by atoms with Gasteiger partial charge in [-0.05, 0) is 0 Å². The Bertz CT molecular complexity index is 358. The molecule has 0 bridgehead atoms. The lowest BCUT2D eigenvalue weighted by Crippen LogP contribution is -2.16. The predicted octanol–water partition coefficient (Wildman–Crippen LogP) is -0.0485. The van der Waals surface area contributed by atoms with E-state index in [-0.39, 0.29) is 18.1 Å². The second-order valence-corrected chi connectivity index (χ2v) is 2.43. The van der Waals surface area contributed by atoms with E-state index in [2.05, 4.69) is 24.7 Å². The van der Waals surface area contributed by atoms with Gasteiger partial charge in [0, 0.05) is 13.3 Å². The summed E-state index contributed by atoms with van der Waals surface area (Å²) in [4.78, 5) is 18.9. The molecular formula is C7H10N4O3. The van der Waals surface area contributed by atoms with Crippen molar-refractivity contribution < 1.29 is 14.2 Å². The third-order valence-electron chi connectivity index (χ3n) is 1.29. The van der Waals surface area contributed by atoms with Crippen molar-refractivity contribution in [3.8, 4) is 0 Å². The van der Waals surface area contributed by atoms with Crippen LogP contribution in [-0.2, 0) is 9.63 Å². The van der Waals surface area contributed by atoms with E-state index in [4.69, 9.17) is 5.73 Å². The van der Waals surface area contributed by atoms with Gasteiger partial charge in [0.15, 0.2) is 0 Å². The van der Waals surface area contributed by atoms with E-state index in [9.17, 15) is 4.79 Å². The minimum absolute atomic E-state index is 0.0938. The average Bonchev–Trinajstić information content (AvgIpc) is 2.60. The highest BCUT2D eigenvalue weighted by Gasteiger charge is 2.08. The molecule has 1 aromatic rings. The number of nitrogens with zero attached hydrogens (tertiary/aromatic N) is 3. The quantitative estimate of drug-likeness (QED) is 0.316. The Morgan fingerprint density at radius 1 is 1.71 bits per heavy atom. The molecule has 1 aromatic heterocycles. The summed E-state index contributed by atoms with van der Waals surface area (Å²) in [7, 11) is 0. The van der Waals surface area contributed by atoms with Gasteiger partial charge in [0.05, 0.1) is 0 Å². The molecule has 14 heavy (non-hydrogen) atoms. The molecule has 76 valence electrons. The van der Waals surface area contributed by atoms with Gasteiger partial charge in [-0.25, -0.2) is 4.79 Å². The Morgan fingerprint density at radius 3 is 2.93 bits per heavy atom. The van der Waals surface area contributed by atoms with Gasteiger partial charge < -0.3 is 15.1 Å². The summed E-state index contributed by atoms with van der Waals surface area (Å²) in [6.07, 6.45) is 0.224. The monoisotopic (exact) mass is 198 g/mol. The SMILES string of the molecule is CCC(=O)O/N=C(\N)c1noc(C)n1. The second-order valence-electron chi connectivity index (χ2n) is 2.43. The fourth-order valence-corrected chi connectivity index (χ4v) is 0.609. The highest BCUT2D eigenvalue weighted by molar-refractivity contribution is 5.93. The van der Waals surface area contributed by atoms with Crippen molar-refractivity contribution in [1.82, 2.24) is 10.1 Å². The van der Waals surface area contributed by atoms with Crippen LogP contribution in [0.1, 0.15) is 25.1 Å². The number of carbonyl (C=O) groups is 1. The maximum Gasteiger partial charge on any atom is 0.334 e. The number of nitrogens with two attached hydrogens (primary N) is 1. The first kappa shape index (κ1) is 10.2. The molecule has 0 spiro atoms. The number of amidine groups is 1. The van der Waals surface area contributed by atoms with Gasteiger partial charge in [0.25, 0.3) is 0 Å². The molecule has 0 saturated carbocycles. The van der Waals surface area contributed by atoms with Gasteiger partial charge in [0.2, 0.25) is 17.6 Å². The van der Waals surface area contributed by atoms with Gasteiger partial charge in [-0.2, -0.15) is 4.98 Å². The summed E-state index contributed by atoms with van der Waals surface area (Å²) in [5.74, 6) is -0.108. The van der Waals surface area contributed by atoms with E-state index in [1.54, 1.807) is 13.8 Å². The third-order valence-corrected chi connectivity index (χ3v) is 1.29. The fourth-order valence-electron chi connectivity index (χ4n) is 0.609. The molecule has 7 heteroatoms. The molecule has 2 N–H and O–H groups in total. The summed E-state index contributed by atoms with van der Waals surface area (Å²) in [5.41, 5.74) is 5.40. The number of carbonyl (C=O) groups excluding carboxylic acids is 1. The Morgan fingerprint density at radius 2 is 2.43 bits per heavy atom. The third kappa shape index (κ3) is 2.54. The van der Waals surface area contributed by atoms with E-state index >= 15 is 0 Å². The summed E-state index contributed by atoms with van der Waals surface area (Å²) >= 11 is 0. The van der Waals surface area contributed by atoms with Gasteiger partial charge >= 0.3 is 5.97 Å². The lowest BCUT2D eigenvalue weighted by molar-refractivity contribution is -0.143. The Hall–Kier alpha value is -1.92. The topological polar surface area (TPSA) is 104 Å². The van der Waals surface area contributed by atoms with Gasteiger partial charge in [-0.3, -0.25) is 0 Å². The Labute approximate surface area is 79.9 Å². The molecule has 0 aliphatic carbocycles. The van der Waals surface area contributed by atoms with Gasteiger partial charge in [0.1, 0.15) is 0 Å². The van der Waals surface area contributed by atoms with Crippen LogP contribution in [0.2, 0.25) is 0 Å². The van der Waals surface area contributed by atoms with Crippen LogP contribution in [0.25, 0.3) is 0 Å². The minimum atomic E-state index is -0.479. The molecule has 0 amide bonds. The molecule has 1 heterocycles. The zero-order valence-corrected chi connectivity index (χ0v) is 7.85. The number of oxime groups is 1. The summed E-state index contributed by atoms with van der Waals surface area (Å²) in [6, 6.07) is 0. The van der Waals surface area contributed by atoms with Crippen LogP contribution >= 0.6 is 0 Å². The lowest BCUT2D eigenvalue weighted by atomic mass is 10.5. The van der Waals surface area contributed by atoms with Crippen molar-refractivity contribution in [3.63, 3.8) is 0 Å². The zero-order valence-electron chi connectivity index (χ0n) is 7.85. The molecular weight excluding hydrogens is 188 g/mol. The van der Waals surface area contributed by atoms with Crippen molar-refractivity contribution in [2.24, 2.45) is 10.9 Å². The van der Waals surface area contributed by atoms with Crippen LogP contribution in [0.3, 0.4) is 0 Å². The number of rotatable bonds is 3. The van der Waals surface area contributed by atoms with Crippen molar-refractivity contribution >= 4 is 11.8 Å². The van der Waals surface area contributed by atoms with Crippen LogP contribution in [0.5, 0.6) is 0 Å². The van der Waals surface area contributed by atoms with E-state index < -0.39 is 5.97 Å². The lowest BCUT2D eigenvalue weighted by Gasteiger charge is -1.93. The first-order chi connectivity index (χ1) is 6.63. The molecule has 0 aromatic carbocycles. The Balaban J connectivity index is 2.65. The summed E-state index contributed by atoms with van der Waals surface area (Å²) in [5, 5.41) is 6.82. The average molecular weight is 198 g/mol. The highest BCUT2D eigenvalue weighted by atomic mass is 16.7. The van der Waals surface area contributed by atoms with Crippen LogP contribution < -0.4 is 5.73 Å². The standard InChI is InChI=1S/C7H10N4O3/c1-3-5(12)14-10-6(8)7-9-4(2)13-11-7/h3H2,1-2H3,(H2,8,10). The number of aryl methyl sites for hydroxylation is 1. The maximum absolute atomic E-state index is 10.7. The minimum Gasteiger partial charge on any atom is -0.378 e. The van der Waals surface area contributed by atoms with Crippen LogP contribution in [-0.4, -0.2) is 21.9 Å². The molecule has 0 fully saturated rings. The van der Waals surface area contributed by atoms with Crippen molar-refractivity contribution in [2.75, 3.05) is 0 Å². The van der Waals surface area contributed by atoms with Crippen LogP contribution in [0, 0.1) is 6.92 Å². The largest absolute Gasteiger partial charge is 0.378 e. The molecule has 0 atom stereocenters. The molecule has 0 radical (unpaired) electrons. The molecule has 0 aliphatic heterocycles. The molecule has 7 nitrogen and oxygen atoms in total. The number of hydrogen-bond acceptors (Lipinski definition) is 6. The molecule has 0 aliphatic rings. The Kier molecular flexibility index (Phi) is 3.16. The first-order valence-corrected chi connectivity index (χ1v) is 3.97. The molecule has 0 saturated heterocycles. The zero-order chi connectivity index (χ0) is 10.6. The van der Waals surface area contributed by atoms with E-state index in [1.165, 1.54) is 0 Å². The van der Waals surface area contributed by atoms with Gasteiger partial charge in [-0.15, -0.1) is 0 Å². The number of aromatic nitrogens is 2. The maximum atomic E-state index is 10.7. The van der Waals surface area contributed by atoms with Crippen LogP contribution in [0.15, 0.2) is 9.68 Å². The predicted molar refractivity (Wildman–Crippen MR) is 46.1 cm³/mol.